The average Bonchev–Trinajstić information content (AvgIpc) is 3.18. The molecule has 1 aromatic heterocycles. The lowest BCUT2D eigenvalue weighted by molar-refractivity contribution is 1.56. The number of fused-ring (bicyclic) bond motifs is 7. The monoisotopic (exact) mass is 279 g/mol. The highest BCUT2D eigenvalue weighted by Crippen LogP contribution is 2.36. The van der Waals surface area contributed by atoms with Crippen molar-refractivity contribution in [3.63, 3.8) is 0 Å². The molecule has 1 N–H and O–H groups in total. The summed E-state index contributed by atoms with van der Waals surface area (Å²) in [5.41, 5.74) is -0.0271. The van der Waals surface area contributed by atoms with Gasteiger partial charge in [-0.05, 0) is 33.6 Å². The number of benzene rings is 4. The third-order valence-corrected chi connectivity index (χ3v) is 3.50. The fourth-order valence-electron chi connectivity index (χ4n) is 2.62. The summed E-state index contributed by atoms with van der Waals surface area (Å²) in [6.07, 6.45) is 0. The van der Waals surface area contributed by atoms with Crippen LogP contribution in [-0.4, -0.2) is 4.98 Å². The highest BCUT2D eigenvalue weighted by molar-refractivity contribution is 6.27. The Hall–Kier alpha value is -2.80. The van der Waals surface area contributed by atoms with E-state index in [4.69, 9.17) is 16.4 Å². The lowest BCUT2D eigenvalue weighted by atomic mass is 10.00. The van der Waals surface area contributed by atoms with Crippen LogP contribution in [0.5, 0.6) is 0 Å². The number of hydrogen-bond donors (Lipinski definition) is 1. The number of nitrogens with one attached hydrogen (secondary N) is 1. The first-order valence-electron chi connectivity index (χ1n) is 12.2. The molecule has 98 valence electrons. The highest BCUT2D eigenvalue weighted by atomic mass is 14.7. The Morgan fingerprint density at radius 2 is 1.05 bits per heavy atom. The molecular weight excluding hydrogens is 254 g/mol. The van der Waals surface area contributed by atoms with Crippen LogP contribution in [0.15, 0.2) is 72.5 Å². The van der Waals surface area contributed by atoms with E-state index in [9.17, 15) is 0 Å². The second kappa shape index (κ2) is 3.86. The molecule has 5 rings (SSSR count). The first-order valence-corrected chi connectivity index (χ1v) is 6.25. The van der Waals surface area contributed by atoms with Crippen molar-refractivity contribution in [2.75, 3.05) is 0 Å². The smallest absolute Gasteiger partial charge is 0.0645 e. The summed E-state index contributed by atoms with van der Waals surface area (Å²) in [4.78, 5) is 2.82. The van der Waals surface area contributed by atoms with Crippen LogP contribution in [0, 0.1) is 0 Å². The summed E-state index contributed by atoms with van der Waals surface area (Å²) in [5, 5.41) is -0.471. The van der Waals surface area contributed by atoms with Gasteiger partial charge in [0, 0.05) is 21.8 Å². The summed E-state index contributed by atoms with van der Waals surface area (Å²) < 4.78 is 99.4. The first kappa shape index (κ1) is 4.60. The minimum Gasteiger partial charge on any atom is -0.354 e. The van der Waals surface area contributed by atoms with Gasteiger partial charge in [0.05, 0.1) is 16.4 Å². The van der Waals surface area contributed by atoms with Crippen molar-refractivity contribution < 1.29 is 16.4 Å². The quantitative estimate of drug-likeness (QED) is 0.378. The van der Waals surface area contributed by atoms with E-state index in [0.29, 0.717) is 0 Å². The summed E-state index contributed by atoms with van der Waals surface area (Å²) in [5.74, 6) is 0. The van der Waals surface area contributed by atoms with Crippen molar-refractivity contribution in [3.8, 4) is 0 Å². The average molecular weight is 279 g/mol. The third-order valence-electron chi connectivity index (χ3n) is 3.50. The van der Waals surface area contributed by atoms with E-state index in [1.54, 1.807) is 0 Å². The van der Waals surface area contributed by atoms with Crippen LogP contribution in [0.4, 0.5) is 0 Å². The van der Waals surface area contributed by atoms with Crippen LogP contribution in [0.25, 0.3) is 43.4 Å². The molecule has 0 amide bonds. The molecule has 1 heterocycles. The van der Waals surface area contributed by atoms with Crippen LogP contribution in [-0.2, 0) is 0 Å². The van der Waals surface area contributed by atoms with E-state index >= 15 is 0 Å². The largest absolute Gasteiger partial charge is 0.354 e. The molecular formula is C20H13N. The Labute approximate surface area is 138 Å². The van der Waals surface area contributed by atoms with Crippen molar-refractivity contribution in [3.05, 3.63) is 72.5 Å². The van der Waals surface area contributed by atoms with Gasteiger partial charge in [0.15, 0.2) is 0 Å². The standard InChI is InChI=1S/C20H13N/c1-3-7-15-13(5-1)9-11-17-19(15)20-16-8-4-2-6-14(16)10-12-18(20)21-17/h1-12,21H/i1D,2D,3D,4D,5D,6D,7D,8D,9D,10D,11D,12D. The van der Waals surface area contributed by atoms with Crippen molar-refractivity contribution in [1.82, 2.24) is 4.98 Å². The van der Waals surface area contributed by atoms with Gasteiger partial charge in [0.1, 0.15) is 0 Å². The number of rotatable bonds is 0. The van der Waals surface area contributed by atoms with Gasteiger partial charge in [0.25, 0.3) is 0 Å². The zero-order valence-corrected chi connectivity index (χ0v) is 10.5. The van der Waals surface area contributed by atoms with E-state index in [2.05, 4.69) is 4.98 Å². The maximum atomic E-state index is 8.48. The Balaban J connectivity index is 2.31. The van der Waals surface area contributed by atoms with Crippen LogP contribution >= 0.6 is 0 Å². The summed E-state index contributed by atoms with van der Waals surface area (Å²) in [6.45, 7) is 0. The molecule has 0 spiro atoms. The van der Waals surface area contributed by atoms with Gasteiger partial charge in [-0.2, -0.15) is 0 Å². The molecule has 0 aliphatic heterocycles. The van der Waals surface area contributed by atoms with Gasteiger partial charge < -0.3 is 4.98 Å². The second-order valence-electron chi connectivity index (χ2n) is 4.62. The summed E-state index contributed by atoms with van der Waals surface area (Å²) in [7, 11) is 0. The van der Waals surface area contributed by atoms with Crippen LogP contribution in [0.1, 0.15) is 16.4 Å². The predicted molar refractivity (Wildman–Crippen MR) is 90.8 cm³/mol. The molecule has 5 aromatic rings. The van der Waals surface area contributed by atoms with E-state index in [0.717, 1.165) is 0 Å². The van der Waals surface area contributed by atoms with Crippen molar-refractivity contribution in [1.29, 1.82) is 0 Å². The zero-order valence-electron chi connectivity index (χ0n) is 22.5. The van der Waals surface area contributed by atoms with E-state index < -0.39 is 72.5 Å². The van der Waals surface area contributed by atoms with Crippen LogP contribution < -0.4 is 0 Å². The van der Waals surface area contributed by atoms with Gasteiger partial charge in [-0.15, -0.1) is 0 Å². The maximum Gasteiger partial charge on any atom is 0.0645 e. The Morgan fingerprint density at radius 1 is 0.571 bits per heavy atom. The van der Waals surface area contributed by atoms with Crippen LogP contribution in [0.3, 0.4) is 0 Å². The Morgan fingerprint density at radius 3 is 1.57 bits per heavy atom. The highest BCUT2D eigenvalue weighted by Gasteiger charge is 2.10. The van der Waals surface area contributed by atoms with Crippen LogP contribution in [0.2, 0.25) is 0 Å². The van der Waals surface area contributed by atoms with Crippen molar-refractivity contribution >= 4 is 43.4 Å². The summed E-state index contributed by atoms with van der Waals surface area (Å²) in [6, 6.07) is -5.88. The number of aromatic amines is 1. The van der Waals surface area contributed by atoms with Crippen molar-refractivity contribution in [2.24, 2.45) is 0 Å². The minimum atomic E-state index is -0.569. The molecule has 0 unspecified atom stereocenters. The van der Waals surface area contributed by atoms with Gasteiger partial charge in [0.2, 0.25) is 0 Å². The number of aromatic nitrogens is 1. The minimum absolute atomic E-state index is 0.0136. The molecule has 0 aliphatic rings. The van der Waals surface area contributed by atoms with E-state index in [1.165, 1.54) is 0 Å². The Bertz CT molecular complexity index is 1610. The topological polar surface area (TPSA) is 15.8 Å². The lowest BCUT2D eigenvalue weighted by Gasteiger charge is -2.02. The summed E-state index contributed by atoms with van der Waals surface area (Å²) >= 11 is 0. The molecule has 0 radical (unpaired) electrons. The number of hydrogen-bond acceptors (Lipinski definition) is 0. The van der Waals surface area contributed by atoms with Gasteiger partial charge in [-0.3, -0.25) is 0 Å². The molecule has 1 heteroatoms. The van der Waals surface area contributed by atoms with Gasteiger partial charge in [-0.25, -0.2) is 0 Å². The molecule has 0 saturated heterocycles. The molecule has 1 nitrogen and oxygen atoms in total. The number of H-pyrrole nitrogens is 1. The molecule has 0 bridgehead atoms. The first-order chi connectivity index (χ1) is 15.4. The molecule has 0 fully saturated rings. The molecule has 0 saturated carbocycles. The fraction of sp³-hybridized carbons (Fsp3) is 0. The zero-order chi connectivity index (χ0) is 24.3. The molecule has 21 heavy (non-hydrogen) atoms. The normalized spacial score (nSPS) is 19.8. The third kappa shape index (κ3) is 1.40. The second-order valence-corrected chi connectivity index (χ2v) is 4.62. The van der Waals surface area contributed by atoms with E-state index in [-0.39, 0.29) is 43.4 Å². The Kier molecular flexibility index (Phi) is 0.846. The van der Waals surface area contributed by atoms with Crippen molar-refractivity contribution in [2.45, 2.75) is 0 Å². The lowest BCUT2D eigenvalue weighted by Crippen LogP contribution is -1.76. The van der Waals surface area contributed by atoms with Gasteiger partial charge >= 0.3 is 0 Å². The fourth-order valence-corrected chi connectivity index (χ4v) is 2.62. The SMILES string of the molecule is [2H]c1c([2H])c([2H])c2c(c1[2H])c([2H])c([2H])c1[nH]c3c([2H])c([2H])c4c([2H])c([2H])c([2H])c([2H])c4c3c12. The molecule has 4 aromatic carbocycles. The predicted octanol–water partition coefficient (Wildman–Crippen LogP) is 5.63. The van der Waals surface area contributed by atoms with E-state index in [1.807, 2.05) is 0 Å². The molecule has 0 atom stereocenters. The van der Waals surface area contributed by atoms with Gasteiger partial charge in [-0.1, -0.05) is 60.4 Å². The molecule has 0 aliphatic carbocycles. The maximum absolute atomic E-state index is 8.48.